The van der Waals surface area contributed by atoms with Gasteiger partial charge in [0.2, 0.25) is 0 Å². The van der Waals surface area contributed by atoms with E-state index in [2.05, 4.69) is 12.2 Å². The third-order valence-corrected chi connectivity index (χ3v) is 4.20. The van der Waals surface area contributed by atoms with Gasteiger partial charge in [0.15, 0.2) is 0 Å². The van der Waals surface area contributed by atoms with Crippen LogP contribution < -0.4 is 0 Å². The van der Waals surface area contributed by atoms with Crippen LogP contribution in [0, 0.1) is 11.8 Å². The van der Waals surface area contributed by atoms with Crippen LogP contribution in [0.2, 0.25) is 0 Å². The number of alkyl halides is 2. The topological polar surface area (TPSA) is 12.5 Å². The SMILES string of the molecule is ClC1C(Cl)[C@@H]2C=CC3OC3[C@H]12. The molecule has 0 aromatic carbocycles. The maximum absolute atomic E-state index is 6.05. The van der Waals surface area contributed by atoms with Crippen LogP contribution in [0.4, 0.5) is 0 Å². The lowest BCUT2D eigenvalue weighted by Gasteiger charge is -2.45. The van der Waals surface area contributed by atoms with Crippen molar-refractivity contribution in [2.75, 3.05) is 0 Å². The van der Waals surface area contributed by atoms with Gasteiger partial charge < -0.3 is 4.74 Å². The molecule has 4 unspecified atom stereocenters. The van der Waals surface area contributed by atoms with Crippen LogP contribution in [-0.2, 0) is 4.74 Å². The minimum Gasteiger partial charge on any atom is -0.365 e. The fraction of sp³-hybridized carbons (Fsp3) is 0.750. The van der Waals surface area contributed by atoms with Crippen molar-refractivity contribution in [2.45, 2.75) is 23.0 Å². The number of halogens is 2. The van der Waals surface area contributed by atoms with Crippen LogP contribution >= 0.6 is 23.2 Å². The number of ether oxygens (including phenoxy) is 1. The highest BCUT2D eigenvalue weighted by Crippen LogP contribution is 2.54. The smallest absolute Gasteiger partial charge is 0.103 e. The first-order valence-corrected chi connectivity index (χ1v) is 4.78. The van der Waals surface area contributed by atoms with Gasteiger partial charge >= 0.3 is 0 Å². The average Bonchev–Trinajstić information content (AvgIpc) is 2.78. The first-order valence-electron chi connectivity index (χ1n) is 3.91. The molecule has 1 aliphatic heterocycles. The van der Waals surface area contributed by atoms with E-state index in [-0.39, 0.29) is 10.8 Å². The molecule has 6 atom stereocenters. The summed E-state index contributed by atoms with van der Waals surface area (Å²) in [5.74, 6) is 0.970. The lowest BCUT2D eigenvalue weighted by atomic mass is 9.68. The zero-order valence-electron chi connectivity index (χ0n) is 5.78. The molecule has 60 valence electrons. The lowest BCUT2D eigenvalue weighted by molar-refractivity contribution is 0.185. The fourth-order valence-corrected chi connectivity index (χ4v) is 3.08. The highest BCUT2D eigenvalue weighted by molar-refractivity contribution is 6.31. The van der Waals surface area contributed by atoms with Gasteiger partial charge in [-0.3, -0.25) is 0 Å². The van der Waals surface area contributed by atoms with Gasteiger partial charge in [0.05, 0.1) is 16.9 Å². The van der Waals surface area contributed by atoms with Crippen molar-refractivity contribution in [1.82, 2.24) is 0 Å². The molecule has 3 aliphatic rings. The molecule has 1 saturated heterocycles. The Kier molecular flexibility index (Phi) is 1.20. The van der Waals surface area contributed by atoms with Gasteiger partial charge in [-0.1, -0.05) is 12.2 Å². The molecule has 1 heterocycles. The summed E-state index contributed by atoms with van der Waals surface area (Å²) >= 11 is 12.1. The molecular formula is C8H8Cl2O. The Morgan fingerprint density at radius 1 is 1.09 bits per heavy atom. The molecule has 2 fully saturated rings. The number of epoxide rings is 1. The van der Waals surface area contributed by atoms with Crippen molar-refractivity contribution in [3.05, 3.63) is 12.2 Å². The Morgan fingerprint density at radius 3 is 2.73 bits per heavy atom. The molecule has 0 spiro atoms. The second kappa shape index (κ2) is 1.95. The number of allylic oxidation sites excluding steroid dienone is 1. The van der Waals surface area contributed by atoms with E-state index in [1.54, 1.807) is 0 Å². The lowest BCUT2D eigenvalue weighted by Crippen LogP contribution is -2.52. The van der Waals surface area contributed by atoms with E-state index in [9.17, 15) is 0 Å². The van der Waals surface area contributed by atoms with E-state index in [1.165, 1.54) is 0 Å². The highest BCUT2D eigenvalue weighted by Gasteiger charge is 2.60. The predicted octanol–water partition coefficient (Wildman–Crippen LogP) is 1.78. The van der Waals surface area contributed by atoms with Crippen molar-refractivity contribution in [1.29, 1.82) is 0 Å². The Labute approximate surface area is 75.3 Å². The summed E-state index contributed by atoms with van der Waals surface area (Å²) in [5, 5.41) is 0.254. The first kappa shape index (κ1) is 6.76. The third kappa shape index (κ3) is 0.720. The first-order chi connectivity index (χ1) is 5.29. The van der Waals surface area contributed by atoms with Crippen LogP contribution in [0.5, 0.6) is 0 Å². The van der Waals surface area contributed by atoms with Crippen LogP contribution in [0.15, 0.2) is 12.2 Å². The molecule has 11 heavy (non-hydrogen) atoms. The van der Waals surface area contributed by atoms with Crippen molar-refractivity contribution >= 4 is 23.2 Å². The molecule has 1 nitrogen and oxygen atoms in total. The zero-order valence-corrected chi connectivity index (χ0v) is 7.29. The zero-order chi connectivity index (χ0) is 7.59. The summed E-state index contributed by atoms with van der Waals surface area (Å²) in [6.45, 7) is 0. The summed E-state index contributed by atoms with van der Waals surface area (Å²) in [6, 6.07) is 0. The van der Waals surface area contributed by atoms with E-state index in [0.29, 0.717) is 24.0 Å². The summed E-state index contributed by atoms with van der Waals surface area (Å²) in [4.78, 5) is 0. The number of hydrogen-bond acceptors (Lipinski definition) is 1. The summed E-state index contributed by atoms with van der Waals surface area (Å²) < 4.78 is 5.40. The fourth-order valence-electron chi connectivity index (χ4n) is 2.18. The van der Waals surface area contributed by atoms with Gasteiger partial charge in [-0.25, -0.2) is 0 Å². The molecule has 0 aromatic heterocycles. The van der Waals surface area contributed by atoms with Crippen molar-refractivity contribution in [3.63, 3.8) is 0 Å². The molecule has 0 radical (unpaired) electrons. The van der Waals surface area contributed by atoms with Gasteiger partial charge in [0, 0.05) is 11.8 Å². The maximum Gasteiger partial charge on any atom is 0.103 e. The Morgan fingerprint density at radius 2 is 1.91 bits per heavy atom. The van der Waals surface area contributed by atoms with Gasteiger partial charge in [-0.05, 0) is 0 Å². The Hall–Kier alpha value is 0.280. The van der Waals surface area contributed by atoms with Crippen molar-refractivity contribution in [3.8, 4) is 0 Å². The number of hydrogen-bond donors (Lipinski definition) is 0. The maximum atomic E-state index is 6.05. The molecule has 2 aliphatic carbocycles. The standard InChI is InChI=1S/C8H8Cl2O/c9-6-3-1-2-4-8(11-4)5(3)7(6)10/h1-8H/t3-,4?,5+,6?,7?,8?/m1/s1. The largest absolute Gasteiger partial charge is 0.365 e. The van der Waals surface area contributed by atoms with Crippen LogP contribution in [-0.4, -0.2) is 23.0 Å². The van der Waals surface area contributed by atoms with E-state index >= 15 is 0 Å². The van der Waals surface area contributed by atoms with E-state index < -0.39 is 0 Å². The third-order valence-electron chi connectivity index (χ3n) is 2.95. The normalized spacial score (nSPS) is 64.5. The predicted molar refractivity (Wildman–Crippen MR) is 44.1 cm³/mol. The Balaban J connectivity index is 1.90. The minimum atomic E-state index is 0.126. The van der Waals surface area contributed by atoms with Crippen LogP contribution in [0.1, 0.15) is 0 Å². The van der Waals surface area contributed by atoms with Crippen molar-refractivity contribution in [2.24, 2.45) is 11.8 Å². The number of rotatable bonds is 0. The second-order valence-corrected chi connectivity index (χ2v) is 4.50. The summed E-state index contributed by atoms with van der Waals surface area (Å²) in [5.41, 5.74) is 0. The highest BCUT2D eigenvalue weighted by atomic mass is 35.5. The van der Waals surface area contributed by atoms with E-state index in [1.807, 2.05) is 0 Å². The van der Waals surface area contributed by atoms with Gasteiger partial charge in [0.25, 0.3) is 0 Å². The summed E-state index contributed by atoms with van der Waals surface area (Å²) in [7, 11) is 0. The summed E-state index contributed by atoms with van der Waals surface area (Å²) in [6.07, 6.45) is 5.03. The monoisotopic (exact) mass is 190 g/mol. The molecule has 3 heteroatoms. The van der Waals surface area contributed by atoms with Gasteiger partial charge in [-0.2, -0.15) is 0 Å². The minimum absolute atomic E-state index is 0.126. The van der Waals surface area contributed by atoms with Gasteiger partial charge in [0.1, 0.15) is 6.10 Å². The van der Waals surface area contributed by atoms with E-state index in [4.69, 9.17) is 27.9 Å². The average molecular weight is 191 g/mol. The molecule has 0 amide bonds. The molecule has 0 N–H and O–H groups in total. The molecular weight excluding hydrogens is 183 g/mol. The van der Waals surface area contributed by atoms with Crippen LogP contribution in [0.25, 0.3) is 0 Å². The van der Waals surface area contributed by atoms with Crippen LogP contribution in [0.3, 0.4) is 0 Å². The Bertz CT molecular complexity index is 228. The molecule has 1 saturated carbocycles. The second-order valence-electron chi connectivity index (χ2n) is 3.49. The molecule has 0 aromatic rings. The molecule has 0 bridgehead atoms. The number of fused-ring (bicyclic) bond motifs is 3. The quantitative estimate of drug-likeness (QED) is 0.323. The van der Waals surface area contributed by atoms with E-state index in [0.717, 1.165) is 0 Å². The van der Waals surface area contributed by atoms with Gasteiger partial charge in [-0.15, -0.1) is 23.2 Å². The van der Waals surface area contributed by atoms with Crippen molar-refractivity contribution < 1.29 is 4.74 Å². The molecule has 3 rings (SSSR count).